The smallest absolute Gasteiger partial charge is 0.198 e. The van der Waals surface area contributed by atoms with Crippen LogP contribution >= 0.6 is 35.7 Å². The molecule has 1 aliphatic heterocycles. The summed E-state index contributed by atoms with van der Waals surface area (Å²) >= 11 is 1.87. The van der Waals surface area contributed by atoms with Gasteiger partial charge in [0, 0.05) is 38.3 Å². The standard InChI is InChI=1S/C19H28N6S.HI/c1-3-18-23-22-15-24(18)13-11-21-19(20-10-6-14-26-2)25-12-9-16-7-4-5-8-17(16)25;/h4-5,7-8,15H,3,6,9-14H2,1-2H3,(H,20,21);1H. The van der Waals surface area contributed by atoms with E-state index in [1.165, 1.54) is 11.3 Å². The third-order valence-electron chi connectivity index (χ3n) is 4.56. The van der Waals surface area contributed by atoms with Crippen LogP contribution in [0.5, 0.6) is 0 Å². The molecule has 2 aromatic rings. The number of halogens is 1. The number of rotatable bonds is 8. The van der Waals surface area contributed by atoms with E-state index in [1.54, 1.807) is 6.33 Å². The molecule has 1 N–H and O–H groups in total. The number of nitrogens with zero attached hydrogens (tertiary/aromatic N) is 5. The fraction of sp³-hybridized carbons (Fsp3) is 0.526. The van der Waals surface area contributed by atoms with Crippen molar-refractivity contribution in [1.82, 2.24) is 20.1 Å². The van der Waals surface area contributed by atoms with Crippen molar-refractivity contribution < 1.29 is 0 Å². The second kappa shape index (κ2) is 11.5. The Morgan fingerprint density at radius 1 is 1.33 bits per heavy atom. The van der Waals surface area contributed by atoms with Gasteiger partial charge in [0.15, 0.2) is 5.96 Å². The third-order valence-corrected chi connectivity index (χ3v) is 5.26. The van der Waals surface area contributed by atoms with Crippen molar-refractivity contribution in [2.75, 3.05) is 36.5 Å². The summed E-state index contributed by atoms with van der Waals surface area (Å²) in [6, 6.07) is 8.62. The van der Waals surface area contributed by atoms with Crippen LogP contribution in [0.25, 0.3) is 0 Å². The highest BCUT2D eigenvalue weighted by molar-refractivity contribution is 14.0. The van der Waals surface area contributed by atoms with E-state index < -0.39 is 0 Å². The minimum absolute atomic E-state index is 0. The molecule has 0 amide bonds. The van der Waals surface area contributed by atoms with E-state index >= 15 is 0 Å². The molecule has 0 spiro atoms. The average molecular weight is 500 g/mol. The number of guanidine groups is 1. The maximum atomic E-state index is 4.88. The number of fused-ring (bicyclic) bond motifs is 1. The van der Waals surface area contributed by atoms with Crippen LogP contribution in [0.2, 0.25) is 0 Å². The molecule has 0 atom stereocenters. The van der Waals surface area contributed by atoms with Gasteiger partial charge in [0.1, 0.15) is 12.2 Å². The quantitative estimate of drug-likeness (QED) is 0.261. The van der Waals surface area contributed by atoms with E-state index in [9.17, 15) is 0 Å². The zero-order valence-corrected chi connectivity index (χ0v) is 19.2. The van der Waals surface area contributed by atoms with Gasteiger partial charge in [-0.25, -0.2) is 0 Å². The molecule has 8 heteroatoms. The zero-order chi connectivity index (χ0) is 18.2. The highest BCUT2D eigenvalue weighted by Crippen LogP contribution is 2.27. The van der Waals surface area contributed by atoms with E-state index in [0.717, 1.165) is 63.0 Å². The molecule has 2 heterocycles. The maximum absolute atomic E-state index is 4.88. The van der Waals surface area contributed by atoms with Crippen molar-refractivity contribution in [3.05, 3.63) is 42.0 Å². The summed E-state index contributed by atoms with van der Waals surface area (Å²) in [5.41, 5.74) is 2.68. The van der Waals surface area contributed by atoms with E-state index in [1.807, 2.05) is 11.8 Å². The van der Waals surface area contributed by atoms with E-state index in [2.05, 4.69) is 62.4 Å². The van der Waals surface area contributed by atoms with Gasteiger partial charge in [0.2, 0.25) is 0 Å². The van der Waals surface area contributed by atoms with Crippen LogP contribution in [0.1, 0.15) is 24.7 Å². The number of thioether (sulfide) groups is 1. The number of hydrogen-bond donors (Lipinski definition) is 1. The van der Waals surface area contributed by atoms with Crippen LogP contribution in [0.3, 0.4) is 0 Å². The minimum Gasteiger partial charge on any atom is -0.354 e. The molecule has 1 aliphatic rings. The number of aryl methyl sites for hydroxylation is 1. The predicted molar refractivity (Wildman–Crippen MR) is 126 cm³/mol. The Labute approximate surface area is 183 Å². The molecule has 148 valence electrons. The van der Waals surface area contributed by atoms with Gasteiger partial charge in [-0.3, -0.25) is 4.99 Å². The highest BCUT2D eigenvalue weighted by Gasteiger charge is 2.22. The van der Waals surface area contributed by atoms with Gasteiger partial charge in [0.25, 0.3) is 0 Å². The Kier molecular flexibility index (Phi) is 9.40. The fourth-order valence-corrected chi connectivity index (χ4v) is 3.63. The Morgan fingerprint density at radius 3 is 3.00 bits per heavy atom. The van der Waals surface area contributed by atoms with Crippen LogP contribution < -0.4 is 10.2 Å². The van der Waals surface area contributed by atoms with Gasteiger partial charge in [0.05, 0.1) is 0 Å². The van der Waals surface area contributed by atoms with Crippen molar-refractivity contribution in [3.63, 3.8) is 0 Å². The van der Waals surface area contributed by atoms with Crippen LogP contribution in [-0.2, 0) is 19.4 Å². The molecule has 0 bridgehead atoms. The lowest BCUT2D eigenvalue weighted by Gasteiger charge is -2.23. The van der Waals surface area contributed by atoms with Crippen molar-refractivity contribution in [3.8, 4) is 0 Å². The summed E-state index contributed by atoms with van der Waals surface area (Å²) in [5.74, 6) is 3.16. The van der Waals surface area contributed by atoms with Crippen molar-refractivity contribution in [1.29, 1.82) is 0 Å². The lowest BCUT2D eigenvalue weighted by atomic mass is 10.2. The van der Waals surface area contributed by atoms with Crippen LogP contribution in [-0.4, -0.2) is 52.4 Å². The summed E-state index contributed by atoms with van der Waals surface area (Å²) in [6.07, 6.45) is 7.03. The lowest BCUT2D eigenvalue weighted by molar-refractivity contribution is 0.636. The van der Waals surface area contributed by atoms with Crippen molar-refractivity contribution >= 4 is 47.4 Å². The van der Waals surface area contributed by atoms with E-state index in [4.69, 9.17) is 4.99 Å². The summed E-state index contributed by atoms with van der Waals surface area (Å²) in [5, 5.41) is 11.7. The van der Waals surface area contributed by atoms with Gasteiger partial charge in [-0.15, -0.1) is 34.2 Å². The van der Waals surface area contributed by atoms with Crippen LogP contribution in [0.15, 0.2) is 35.6 Å². The molecule has 6 nitrogen and oxygen atoms in total. The van der Waals surface area contributed by atoms with Gasteiger partial charge < -0.3 is 14.8 Å². The van der Waals surface area contributed by atoms with Crippen molar-refractivity contribution in [2.24, 2.45) is 4.99 Å². The first-order valence-corrected chi connectivity index (χ1v) is 10.7. The second-order valence-electron chi connectivity index (χ2n) is 6.30. The number of benzene rings is 1. The number of nitrogens with one attached hydrogen (secondary N) is 1. The first-order chi connectivity index (χ1) is 12.8. The Balaban J connectivity index is 0.00000261. The van der Waals surface area contributed by atoms with Gasteiger partial charge in [-0.1, -0.05) is 25.1 Å². The monoisotopic (exact) mass is 500 g/mol. The normalized spacial score (nSPS) is 13.4. The highest BCUT2D eigenvalue weighted by atomic mass is 127. The molecule has 0 radical (unpaired) electrons. The van der Waals surface area contributed by atoms with E-state index in [0.29, 0.717) is 0 Å². The minimum atomic E-state index is 0. The molecule has 3 rings (SSSR count). The third kappa shape index (κ3) is 5.84. The first kappa shape index (κ1) is 22.0. The summed E-state index contributed by atoms with van der Waals surface area (Å²) in [6.45, 7) is 5.60. The number of aromatic nitrogens is 3. The van der Waals surface area contributed by atoms with Gasteiger partial charge >= 0.3 is 0 Å². The molecular weight excluding hydrogens is 471 g/mol. The molecule has 27 heavy (non-hydrogen) atoms. The fourth-order valence-electron chi connectivity index (χ4n) is 3.22. The predicted octanol–water partition coefficient (Wildman–Crippen LogP) is 3.22. The Bertz CT molecular complexity index is 732. The summed E-state index contributed by atoms with van der Waals surface area (Å²) < 4.78 is 2.11. The number of hydrogen-bond acceptors (Lipinski definition) is 4. The van der Waals surface area contributed by atoms with Crippen LogP contribution in [0, 0.1) is 0 Å². The molecule has 1 aromatic carbocycles. The van der Waals surface area contributed by atoms with E-state index in [-0.39, 0.29) is 24.0 Å². The molecule has 0 saturated carbocycles. The Hall–Kier alpha value is -1.29. The Morgan fingerprint density at radius 2 is 2.19 bits per heavy atom. The van der Waals surface area contributed by atoms with Gasteiger partial charge in [-0.05, 0) is 36.5 Å². The largest absolute Gasteiger partial charge is 0.354 e. The summed E-state index contributed by atoms with van der Waals surface area (Å²) in [7, 11) is 0. The summed E-state index contributed by atoms with van der Waals surface area (Å²) in [4.78, 5) is 7.20. The number of aliphatic imine (C=N–C) groups is 1. The van der Waals surface area contributed by atoms with Crippen LogP contribution in [0.4, 0.5) is 5.69 Å². The topological polar surface area (TPSA) is 58.3 Å². The lowest BCUT2D eigenvalue weighted by Crippen LogP contribution is -2.42. The molecular formula is C19H29IN6S. The molecule has 1 aromatic heterocycles. The molecule has 0 aliphatic carbocycles. The molecule has 0 fully saturated rings. The maximum Gasteiger partial charge on any atom is 0.198 e. The average Bonchev–Trinajstić information content (AvgIpc) is 3.30. The first-order valence-electron chi connectivity index (χ1n) is 9.33. The molecule has 0 saturated heterocycles. The SMILES string of the molecule is CCc1nncn1CCNC(=NCCCSC)N1CCc2ccccc21.I. The van der Waals surface area contributed by atoms with Gasteiger partial charge in [-0.2, -0.15) is 11.8 Å². The van der Waals surface area contributed by atoms with Crippen molar-refractivity contribution in [2.45, 2.75) is 32.7 Å². The second-order valence-corrected chi connectivity index (χ2v) is 7.29. The number of anilines is 1. The molecule has 0 unspecified atom stereocenters. The number of para-hydroxylation sites is 1. The zero-order valence-electron chi connectivity index (χ0n) is 16.1.